The van der Waals surface area contributed by atoms with Crippen LogP contribution in [-0.2, 0) is 25.9 Å². The number of nitrogens with zero attached hydrogens (tertiary/aromatic N) is 5. The van der Waals surface area contributed by atoms with Crippen LogP contribution in [0.3, 0.4) is 0 Å². The van der Waals surface area contributed by atoms with Crippen LogP contribution >= 0.6 is 0 Å². The summed E-state index contributed by atoms with van der Waals surface area (Å²) in [5.41, 5.74) is 15.6. The van der Waals surface area contributed by atoms with Gasteiger partial charge in [0.15, 0.2) is 37.2 Å². The van der Waals surface area contributed by atoms with Gasteiger partial charge in [0.1, 0.15) is 21.1 Å². The highest BCUT2D eigenvalue weighted by Gasteiger charge is 2.20. The quantitative estimate of drug-likeness (QED) is 0.190. The number of aromatic amines is 2. The Morgan fingerprint density at radius 1 is 0.483 bits per heavy atom. The lowest BCUT2D eigenvalue weighted by Crippen LogP contribution is -3.00. The first kappa shape index (κ1) is 41.2. The van der Waals surface area contributed by atoms with Gasteiger partial charge in [0.05, 0.1) is 22.8 Å². The van der Waals surface area contributed by atoms with Crippen LogP contribution < -0.4 is 56.2 Å². The molecule has 6 aromatic heterocycles. The molecule has 9 rings (SSSR count). The number of aromatic nitrogens is 7. The molecule has 8 bridgehead atoms. The lowest BCUT2D eigenvalue weighted by molar-refractivity contribution is -0.671. The second kappa shape index (κ2) is 17.0. The van der Waals surface area contributed by atoms with Gasteiger partial charge in [-0.3, -0.25) is 4.79 Å². The zero-order valence-corrected chi connectivity index (χ0v) is 34.4. The third-order valence-electron chi connectivity index (χ3n) is 10.0. The fourth-order valence-electron chi connectivity index (χ4n) is 7.38. The lowest BCUT2D eigenvalue weighted by Gasteiger charge is -2.08. The van der Waals surface area contributed by atoms with Crippen molar-refractivity contribution in [1.82, 2.24) is 19.9 Å². The summed E-state index contributed by atoms with van der Waals surface area (Å²) in [7, 11) is 6.06. The van der Waals surface area contributed by atoms with Crippen LogP contribution in [0.4, 0.5) is 5.69 Å². The van der Waals surface area contributed by atoms with E-state index in [0.29, 0.717) is 5.69 Å². The maximum atomic E-state index is 12.1. The highest BCUT2D eigenvalue weighted by molar-refractivity contribution is 6.00. The highest BCUT2D eigenvalue weighted by Crippen LogP contribution is 2.38. The first-order valence-corrected chi connectivity index (χ1v) is 18.2. The SMILES string of the molecule is CC(=O)Nc1cccc(-c2c3nc(c(-c4cc[n+](C)cc4)c4ccc([nH]4)c(-c4cc[n+](C)cc4)c4nc(c(-c5cc[n+](C)cc5)c5ccc2[nH]5)C=C4)C=C3)c1.[Cl-].[Cl-].[Cl-]. The summed E-state index contributed by atoms with van der Waals surface area (Å²) in [5.74, 6) is -0.129. The molecule has 2 aliphatic heterocycles. The maximum Gasteiger partial charge on any atom is 0.221 e. The van der Waals surface area contributed by atoms with Gasteiger partial charge in [-0.25, -0.2) is 23.7 Å². The van der Waals surface area contributed by atoms with E-state index in [2.05, 4.69) is 143 Å². The fourth-order valence-corrected chi connectivity index (χ4v) is 7.38. The van der Waals surface area contributed by atoms with E-state index in [1.54, 1.807) is 0 Å². The number of hydrogen-bond acceptors (Lipinski definition) is 3. The van der Waals surface area contributed by atoms with Gasteiger partial charge in [-0.15, -0.1) is 0 Å². The van der Waals surface area contributed by atoms with Crippen molar-refractivity contribution < 1.29 is 55.7 Å². The topological polar surface area (TPSA) is 98.1 Å². The molecule has 9 nitrogen and oxygen atoms in total. The normalized spacial score (nSPS) is 11.3. The smallest absolute Gasteiger partial charge is 0.221 e. The number of carbonyl (C=O) groups excluding carboxylic acids is 1. The Hall–Kier alpha value is -6.39. The van der Waals surface area contributed by atoms with Crippen LogP contribution in [0.2, 0.25) is 0 Å². The van der Waals surface area contributed by atoms with E-state index < -0.39 is 0 Å². The fraction of sp³-hybridized carbons (Fsp3) is 0.0870. The van der Waals surface area contributed by atoms with Crippen molar-refractivity contribution in [2.45, 2.75) is 6.92 Å². The third kappa shape index (κ3) is 7.93. The molecule has 0 saturated heterocycles. The van der Waals surface area contributed by atoms with Gasteiger partial charge < -0.3 is 52.5 Å². The predicted octanol–water partition coefficient (Wildman–Crippen LogP) is -1.23. The largest absolute Gasteiger partial charge is 1.00 e. The molecule has 58 heavy (non-hydrogen) atoms. The van der Waals surface area contributed by atoms with Crippen molar-refractivity contribution in [3.8, 4) is 44.5 Å². The molecule has 0 aliphatic carbocycles. The molecule has 2 aliphatic rings. The summed E-state index contributed by atoms with van der Waals surface area (Å²) in [6.07, 6.45) is 20.7. The van der Waals surface area contributed by atoms with Crippen molar-refractivity contribution in [3.63, 3.8) is 0 Å². The standard InChI is InChI=1S/C46H37N8O.3ClH/c1-29(55)47-34-7-5-6-33(28-34)46-41-14-12-39(50-41)44(31-18-24-53(3)25-19-31)37-10-8-35(48-37)43(30-16-22-52(2)23-17-30)36-9-11-38(49-36)45(40-13-15-42(46)51-40)32-20-26-54(4)27-21-32;;;/h5-28H,1-4H3,(H-,47,48,49,50,51,55);3*1H/q+1;;;/p-1. The number of rotatable bonds is 5. The van der Waals surface area contributed by atoms with Crippen molar-refractivity contribution in [2.75, 3.05) is 5.32 Å². The van der Waals surface area contributed by atoms with Crippen molar-refractivity contribution in [3.05, 3.63) is 145 Å². The van der Waals surface area contributed by atoms with Crippen LogP contribution in [0.1, 0.15) is 29.7 Å². The predicted molar refractivity (Wildman–Crippen MR) is 218 cm³/mol. The Morgan fingerprint density at radius 2 is 0.810 bits per heavy atom. The summed E-state index contributed by atoms with van der Waals surface area (Å²) >= 11 is 0. The molecule has 7 aromatic rings. The van der Waals surface area contributed by atoms with E-state index in [-0.39, 0.29) is 43.1 Å². The Kier molecular flexibility index (Phi) is 12.1. The van der Waals surface area contributed by atoms with Crippen LogP contribution in [0.25, 0.3) is 90.9 Å². The lowest BCUT2D eigenvalue weighted by atomic mass is 10.0. The third-order valence-corrected chi connectivity index (χ3v) is 10.0. The summed E-state index contributed by atoms with van der Waals surface area (Å²) in [5, 5.41) is 2.96. The molecule has 0 saturated carbocycles. The van der Waals surface area contributed by atoms with Gasteiger partial charge in [-0.05, 0) is 83.0 Å². The molecule has 3 N–H and O–H groups in total. The minimum Gasteiger partial charge on any atom is -1.00 e. The van der Waals surface area contributed by atoms with Gasteiger partial charge in [0.25, 0.3) is 0 Å². The second-order valence-corrected chi connectivity index (χ2v) is 14.0. The molecule has 1 aromatic carbocycles. The molecule has 8 heterocycles. The van der Waals surface area contributed by atoms with Gasteiger partial charge >= 0.3 is 0 Å². The molecule has 0 unspecified atom stereocenters. The van der Waals surface area contributed by atoms with Crippen molar-refractivity contribution in [2.24, 2.45) is 21.1 Å². The number of hydrogen-bond donors (Lipinski definition) is 3. The van der Waals surface area contributed by atoms with Gasteiger partial charge in [-0.1, -0.05) is 12.1 Å². The highest BCUT2D eigenvalue weighted by atomic mass is 35.5. The minimum atomic E-state index is -0.129. The van der Waals surface area contributed by atoms with Crippen molar-refractivity contribution in [1.29, 1.82) is 0 Å². The molecular formula is C46H39Cl3N8O. The average molecular weight is 826 g/mol. The zero-order chi connectivity index (χ0) is 37.6. The molecule has 0 spiro atoms. The molecule has 12 heteroatoms. The van der Waals surface area contributed by atoms with E-state index in [9.17, 15) is 4.79 Å². The molecule has 0 fully saturated rings. The van der Waals surface area contributed by atoms with Gasteiger partial charge in [-0.2, -0.15) is 0 Å². The Labute approximate surface area is 354 Å². The number of benzene rings is 1. The Bertz CT molecular complexity index is 2850. The van der Waals surface area contributed by atoms with Crippen LogP contribution in [-0.4, -0.2) is 25.8 Å². The van der Waals surface area contributed by atoms with E-state index in [4.69, 9.17) is 9.97 Å². The van der Waals surface area contributed by atoms with Gasteiger partial charge in [0.2, 0.25) is 5.91 Å². The average Bonchev–Trinajstić information content (AvgIpc) is 4.02. The van der Waals surface area contributed by atoms with E-state index in [0.717, 1.165) is 89.4 Å². The minimum absolute atomic E-state index is 0. The zero-order valence-electron chi connectivity index (χ0n) is 32.1. The van der Waals surface area contributed by atoms with E-state index in [1.807, 2.05) is 53.0 Å². The second-order valence-electron chi connectivity index (χ2n) is 14.0. The number of amides is 1. The number of H-pyrrole nitrogens is 2. The Morgan fingerprint density at radius 3 is 1.14 bits per heavy atom. The number of aryl methyl sites for hydroxylation is 3. The van der Waals surface area contributed by atoms with Crippen molar-refractivity contribution >= 4 is 58.0 Å². The number of nitrogens with one attached hydrogen (secondary N) is 3. The molecular weight excluding hydrogens is 787 g/mol. The summed E-state index contributed by atoms with van der Waals surface area (Å²) < 4.78 is 6.09. The number of halogens is 3. The van der Waals surface area contributed by atoms with E-state index in [1.165, 1.54) is 6.92 Å². The molecule has 1 amide bonds. The van der Waals surface area contributed by atoms with Crippen LogP contribution in [0, 0.1) is 0 Å². The first-order chi connectivity index (χ1) is 26.8. The Balaban J connectivity index is 0.00000189. The summed E-state index contributed by atoms with van der Waals surface area (Å²) in [6, 6.07) is 29.2. The number of anilines is 1. The van der Waals surface area contributed by atoms with Crippen LogP contribution in [0.5, 0.6) is 0 Å². The number of pyridine rings is 3. The van der Waals surface area contributed by atoms with Gasteiger partial charge in [0, 0.05) is 93.3 Å². The summed E-state index contributed by atoms with van der Waals surface area (Å²) in [6.45, 7) is 1.52. The molecule has 290 valence electrons. The number of carbonyl (C=O) groups is 1. The molecule has 0 radical (unpaired) electrons. The maximum absolute atomic E-state index is 12.1. The first-order valence-electron chi connectivity index (χ1n) is 18.2. The number of fused-ring (bicyclic) bond motifs is 8. The van der Waals surface area contributed by atoms with E-state index >= 15 is 0 Å². The van der Waals surface area contributed by atoms with Crippen LogP contribution in [0.15, 0.2) is 122 Å². The molecule has 0 atom stereocenters. The monoisotopic (exact) mass is 824 g/mol. The summed E-state index contributed by atoms with van der Waals surface area (Å²) in [4.78, 5) is 30.5.